The van der Waals surface area contributed by atoms with E-state index in [4.69, 9.17) is 4.74 Å². The van der Waals surface area contributed by atoms with Crippen molar-refractivity contribution in [3.05, 3.63) is 12.2 Å². The Labute approximate surface area is 155 Å². The highest BCUT2D eigenvalue weighted by molar-refractivity contribution is 5.67. The van der Waals surface area contributed by atoms with E-state index in [9.17, 15) is 9.90 Å². The number of nitrogens with one attached hydrogen (secondary N) is 1. The summed E-state index contributed by atoms with van der Waals surface area (Å²) in [7, 11) is 0. The molecule has 0 radical (unpaired) electrons. The number of aliphatic hydroxyl groups is 1. The standard InChI is InChI=1S/C22H31NO3/c1-11-13-5-8-21(19(11)26-12(2)24)14-9-15-20(3)6-4-7-22(15,17(21)16(13)25)18(14)23-10-20/h13-19,23,25H,1,4-10H2,2-3H3/t13-,14+,15-,16-,17-,18?,19+,20+,21+,22+/m1/s1. The van der Waals surface area contributed by atoms with Gasteiger partial charge in [0.05, 0.1) is 6.10 Å². The molecule has 6 saturated carbocycles. The van der Waals surface area contributed by atoms with Gasteiger partial charge in [-0.1, -0.05) is 19.9 Å². The highest BCUT2D eigenvalue weighted by atomic mass is 16.5. The number of carbonyl (C=O) groups is 1. The van der Waals surface area contributed by atoms with Crippen LogP contribution >= 0.6 is 0 Å². The first-order chi connectivity index (χ1) is 12.4. The monoisotopic (exact) mass is 357 g/mol. The average Bonchev–Trinajstić information content (AvgIpc) is 2.95. The summed E-state index contributed by atoms with van der Waals surface area (Å²) in [6.45, 7) is 9.46. The summed E-state index contributed by atoms with van der Waals surface area (Å²) in [6.07, 6.45) is 6.67. The molecular formula is C22H31NO3. The molecule has 7 fully saturated rings. The SMILES string of the molecule is C=C1[C@H]2CC[C@]3([C@H]1OC(C)=O)[C@H]1C[C@@H]4[C@@]5(C)CCC[C@@]4(C1NC5)[C@@H]3[C@@H]2O. The van der Waals surface area contributed by atoms with Crippen LogP contribution in [0, 0.1) is 39.9 Å². The van der Waals surface area contributed by atoms with E-state index in [1.807, 2.05) is 0 Å². The van der Waals surface area contributed by atoms with Crippen molar-refractivity contribution < 1.29 is 14.6 Å². The van der Waals surface area contributed by atoms with Gasteiger partial charge in [-0.15, -0.1) is 0 Å². The van der Waals surface area contributed by atoms with Gasteiger partial charge in [-0.25, -0.2) is 0 Å². The van der Waals surface area contributed by atoms with Crippen LogP contribution < -0.4 is 5.32 Å². The number of hydrogen-bond acceptors (Lipinski definition) is 4. The number of hydrogen-bond donors (Lipinski definition) is 2. The van der Waals surface area contributed by atoms with Crippen molar-refractivity contribution in [1.29, 1.82) is 0 Å². The molecule has 7 bridgehead atoms. The zero-order valence-corrected chi connectivity index (χ0v) is 16.0. The van der Waals surface area contributed by atoms with Gasteiger partial charge in [0.15, 0.2) is 0 Å². The molecule has 1 aliphatic heterocycles. The predicted octanol–water partition coefficient (Wildman–Crippen LogP) is 2.66. The number of aliphatic hydroxyl groups excluding tert-OH is 1. The molecule has 4 nitrogen and oxygen atoms in total. The highest BCUT2D eigenvalue weighted by Crippen LogP contribution is 2.82. The van der Waals surface area contributed by atoms with E-state index in [2.05, 4.69) is 18.8 Å². The average molecular weight is 357 g/mol. The van der Waals surface area contributed by atoms with Gasteiger partial charge in [0.25, 0.3) is 0 Å². The summed E-state index contributed by atoms with van der Waals surface area (Å²) in [5, 5.41) is 15.5. The first-order valence-electron chi connectivity index (χ1n) is 10.6. The molecule has 26 heavy (non-hydrogen) atoms. The van der Waals surface area contributed by atoms with Gasteiger partial charge in [-0.2, -0.15) is 0 Å². The maximum atomic E-state index is 12.0. The first kappa shape index (κ1) is 16.1. The van der Waals surface area contributed by atoms with Crippen molar-refractivity contribution in [1.82, 2.24) is 5.32 Å². The van der Waals surface area contributed by atoms with E-state index in [0.717, 1.165) is 30.9 Å². The third kappa shape index (κ3) is 1.43. The topological polar surface area (TPSA) is 58.6 Å². The lowest BCUT2D eigenvalue weighted by atomic mass is 9.39. The minimum atomic E-state index is -0.305. The van der Waals surface area contributed by atoms with Crippen molar-refractivity contribution in [2.75, 3.05) is 6.54 Å². The lowest BCUT2D eigenvalue weighted by Gasteiger charge is -2.67. The molecule has 7 rings (SSSR count). The summed E-state index contributed by atoms with van der Waals surface area (Å²) in [4.78, 5) is 12.0. The number of rotatable bonds is 1. The minimum absolute atomic E-state index is 0.0896. The van der Waals surface area contributed by atoms with Crippen molar-refractivity contribution >= 4 is 5.97 Å². The normalized spacial score (nSPS) is 61.5. The molecule has 0 aromatic rings. The third-order valence-corrected chi connectivity index (χ3v) is 10.1. The van der Waals surface area contributed by atoms with Crippen molar-refractivity contribution in [3.63, 3.8) is 0 Å². The molecule has 10 atom stereocenters. The van der Waals surface area contributed by atoms with Crippen LogP contribution in [-0.2, 0) is 9.53 Å². The smallest absolute Gasteiger partial charge is 0.303 e. The Kier molecular flexibility index (Phi) is 2.84. The number of carbonyl (C=O) groups excluding carboxylic acids is 1. The van der Waals surface area contributed by atoms with Gasteiger partial charge in [0.1, 0.15) is 6.10 Å². The van der Waals surface area contributed by atoms with Crippen molar-refractivity contribution in [2.24, 2.45) is 39.9 Å². The van der Waals surface area contributed by atoms with Crippen LogP contribution in [0.15, 0.2) is 12.2 Å². The fourth-order valence-corrected chi connectivity index (χ4v) is 9.72. The third-order valence-electron chi connectivity index (χ3n) is 10.1. The minimum Gasteiger partial charge on any atom is -0.457 e. The quantitative estimate of drug-likeness (QED) is 0.560. The van der Waals surface area contributed by atoms with Gasteiger partial charge < -0.3 is 15.2 Å². The van der Waals surface area contributed by atoms with Crippen molar-refractivity contribution in [3.8, 4) is 0 Å². The summed E-state index contributed by atoms with van der Waals surface area (Å²) in [5.74, 6) is 1.40. The fourth-order valence-electron chi connectivity index (χ4n) is 9.72. The van der Waals surface area contributed by atoms with Crippen LogP contribution in [0.25, 0.3) is 0 Å². The second kappa shape index (κ2) is 4.57. The summed E-state index contributed by atoms with van der Waals surface area (Å²) in [6, 6.07) is 0.489. The van der Waals surface area contributed by atoms with Crippen LogP contribution in [0.4, 0.5) is 0 Å². The Morgan fingerprint density at radius 2 is 2.12 bits per heavy atom. The molecule has 142 valence electrons. The van der Waals surface area contributed by atoms with Gasteiger partial charge in [0, 0.05) is 36.8 Å². The predicted molar refractivity (Wildman–Crippen MR) is 97.1 cm³/mol. The van der Waals surface area contributed by atoms with Crippen LogP contribution in [0.1, 0.15) is 52.4 Å². The first-order valence-corrected chi connectivity index (χ1v) is 10.6. The van der Waals surface area contributed by atoms with Gasteiger partial charge in [-0.05, 0) is 60.3 Å². The molecule has 4 heteroatoms. The molecule has 0 amide bonds. The molecule has 0 aromatic heterocycles. The molecule has 1 unspecified atom stereocenters. The Balaban J connectivity index is 1.56. The summed E-state index contributed by atoms with van der Waals surface area (Å²) in [5.41, 5.74) is 1.48. The molecule has 0 aromatic carbocycles. The second-order valence-electron chi connectivity index (χ2n) is 10.7. The molecule has 2 N–H and O–H groups in total. The Bertz CT molecular complexity index is 720. The highest BCUT2D eigenvalue weighted by Gasteiger charge is 2.83. The molecule has 1 saturated heterocycles. The van der Waals surface area contributed by atoms with Crippen LogP contribution in [-0.4, -0.2) is 35.9 Å². The molecular weight excluding hydrogens is 326 g/mol. The van der Waals surface area contributed by atoms with Gasteiger partial charge in [0.2, 0.25) is 0 Å². The van der Waals surface area contributed by atoms with Crippen molar-refractivity contribution in [2.45, 2.75) is 70.6 Å². The zero-order chi connectivity index (χ0) is 18.1. The fraction of sp³-hybridized carbons (Fsp3) is 0.864. The molecule has 7 aliphatic rings. The largest absolute Gasteiger partial charge is 0.457 e. The van der Waals surface area contributed by atoms with E-state index in [0.29, 0.717) is 17.4 Å². The van der Waals surface area contributed by atoms with E-state index >= 15 is 0 Å². The Hall–Kier alpha value is -0.870. The number of ether oxygens (including phenoxy) is 1. The summed E-state index contributed by atoms with van der Waals surface area (Å²) >= 11 is 0. The van der Waals surface area contributed by atoms with Crippen LogP contribution in [0.3, 0.4) is 0 Å². The van der Waals surface area contributed by atoms with Gasteiger partial charge in [-0.3, -0.25) is 4.79 Å². The number of piperidine rings is 1. The second-order valence-corrected chi connectivity index (χ2v) is 10.7. The van der Waals surface area contributed by atoms with E-state index in [1.54, 1.807) is 0 Å². The number of fused-ring (bicyclic) bond motifs is 2. The van der Waals surface area contributed by atoms with E-state index < -0.39 is 0 Å². The van der Waals surface area contributed by atoms with Gasteiger partial charge >= 0.3 is 5.97 Å². The van der Waals surface area contributed by atoms with Crippen LogP contribution in [0.2, 0.25) is 0 Å². The maximum absolute atomic E-state index is 12.0. The van der Waals surface area contributed by atoms with Crippen LogP contribution in [0.5, 0.6) is 0 Å². The molecule has 6 aliphatic carbocycles. The number of esters is 1. The van der Waals surface area contributed by atoms with E-state index in [-0.39, 0.29) is 40.8 Å². The van der Waals surface area contributed by atoms with E-state index in [1.165, 1.54) is 32.6 Å². The Morgan fingerprint density at radius 1 is 1.31 bits per heavy atom. The lowest BCUT2D eigenvalue weighted by molar-refractivity contribution is -0.227. The lowest BCUT2D eigenvalue weighted by Crippen LogP contribution is -2.69. The summed E-state index contributed by atoms with van der Waals surface area (Å²) < 4.78 is 5.97. The molecule has 1 heterocycles. The maximum Gasteiger partial charge on any atom is 0.303 e. The zero-order valence-electron chi connectivity index (χ0n) is 16.0. The Morgan fingerprint density at radius 3 is 2.88 bits per heavy atom. The molecule has 2 spiro atoms.